The molecule has 0 radical (unpaired) electrons. The summed E-state index contributed by atoms with van der Waals surface area (Å²) in [6.07, 6.45) is 1.50. The summed E-state index contributed by atoms with van der Waals surface area (Å²) >= 11 is 1.78. The molecular formula is C20H22O3S. The van der Waals surface area contributed by atoms with E-state index in [1.807, 2.05) is 0 Å². The number of thioether (sulfide) groups is 1. The largest absolute Gasteiger partial charge is 0.462 e. The van der Waals surface area contributed by atoms with Gasteiger partial charge in [0.05, 0.1) is 12.2 Å². The summed E-state index contributed by atoms with van der Waals surface area (Å²) in [6.45, 7) is 6.72. The first-order valence-electron chi connectivity index (χ1n) is 7.88. The van der Waals surface area contributed by atoms with E-state index in [1.54, 1.807) is 36.0 Å². The van der Waals surface area contributed by atoms with Crippen LogP contribution in [0.4, 0.5) is 0 Å². The molecule has 4 heteroatoms. The third-order valence-corrected chi connectivity index (χ3v) is 4.90. The molecule has 3 nitrogen and oxygen atoms in total. The predicted octanol–water partition coefficient (Wildman–Crippen LogP) is 4.93. The first-order valence-corrected chi connectivity index (χ1v) is 8.69. The molecule has 0 unspecified atom stereocenters. The Morgan fingerprint density at radius 1 is 1.08 bits per heavy atom. The summed E-state index contributed by atoms with van der Waals surface area (Å²) in [4.78, 5) is 23.8. The zero-order valence-electron chi connectivity index (χ0n) is 14.2. The van der Waals surface area contributed by atoms with Gasteiger partial charge in [-0.2, -0.15) is 0 Å². The van der Waals surface area contributed by atoms with Gasteiger partial charge in [-0.1, -0.05) is 43.7 Å². The van der Waals surface area contributed by atoms with E-state index in [4.69, 9.17) is 4.74 Å². The summed E-state index contributed by atoms with van der Waals surface area (Å²) in [5.74, 6) is -0.358. The SMILES string of the molecule is Cc1ccc(SC(C)(C)CCOC(=O)c2ccc(C=O)cc2)cc1. The van der Waals surface area contributed by atoms with E-state index in [2.05, 4.69) is 45.0 Å². The average Bonchev–Trinajstić information content (AvgIpc) is 2.56. The molecular weight excluding hydrogens is 320 g/mol. The van der Waals surface area contributed by atoms with Crippen molar-refractivity contribution in [2.75, 3.05) is 6.61 Å². The van der Waals surface area contributed by atoms with Gasteiger partial charge in [0.2, 0.25) is 0 Å². The molecule has 0 amide bonds. The minimum Gasteiger partial charge on any atom is -0.462 e. The summed E-state index contributed by atoms with van der Waals surface area (Å²) in [5, 5.41) is 0. The van der Waals surface area contributed by atoms with Crippen LogP contribution in [-0.4, -0.2) is 23.6 Å². The minimum absolute atomic E-state index is 0.0308. The van der Waals surface area contributed by atoms with Crippen molar-refractivity contribution in [2.24, 2.45) is 0 Å². The molecule has 0 aliphatic rings. The van der Waals surface area contributed by atoms with Crippen molar-refractivity contribution < 1.29 is 14.3 Å². The van der Waals surface area contributed by atoms with Gasteiger partial charge in [0.15, 0.2) is 0 Å². The molecule has 0 spiro atoms. The second-order valence-corrected chi connectivity index (χ2v) is 8.08. The van der Waals surface area contributed by atoms with E-state index in [1.165, 1.54) is 10.5 Å². The molecule has 2 rings (SSSR count). The maximum atomic E-state index is 12.0. The third-order valence-electron chi connectivity index (χ3n) is 3.63. The van der Waals surface area contributed by atoms with Crippen molar-refractivity contribution in [1.29, 1.82) is 0 Å². The Kier molecular flexibility index (Phi) is 6.21. The van der Waals surface area contributed by atoms with Crippen LogP contribution in [0.2, 0.25) is 0 Å². The highest BCUT2D eigenvalue weighted by Gasteiger charge is 2.20. The van der Waals surface area contributed by atoms with Crippen LogP contribution in [0.15, 0.2) is 53.4 Å². The van der Waals surface area contributed by atoms with Crippen molar-refractivity contribution in [3.63, 3.8) is 0 Å². The van der Waals surface area contributed by atoms with Crippen LogP contribution < -0.4 is 0 Å². The van der Waals surface area contributed by atoms with Crippen molar-refractivity contribution in [1.82, 2.24) is 0 Å². The maximum Gasteiger partial charge on any atom is 0.338 e. The minimum atomic E-state index is -0.358. The number of ether oxygens (including phenoxy) is 1. The number of benzene rings is 2. The van der Waals surface area contributed by atoms with Crippen molar-refractivity contribution in [3.05, 3.63) is 65.2 Å². The Bertz CT molecular complexity index is 688. The topological polar surface area (TPSA) is 43.4 Å². The molecule has 0 N–H and O–H groups in total. The summed E-state index contributed by atoms with van der Waals surface area (Å²) in [7, 11) is 0. The molecule has 0 saturated carbocycles. The lowest BCUT2D eigenvalue weighted by molar-refractivity contribution is 0.0493. The van der Waals surface area contributed by atoms with Gasteiger partial charge in [-0.15, -0.1) is 11.8 Å². The number of aldehydes is 1. The quantitative estimate of drug-likeness (QED) is 0.407. The zero-order valence-corrected chi connectivity index (χ0v) is 15.1. The summed E-state index contributed by atoms with van der Waals surface area (Å²) < 4.78 is 5.32. The van der Waals surface area contributed by atoms with Gasteiger partial charge >= 0.3 is 5.97 Å². The Morgan fingerprint density at radius 2 is 1.71 bits per heavy atom. The highest BCUT2D eigenvalue weighted by atomic mass is 32.2. The molecule has 2 aromatic rings. The lowest BCUT2D eigenvalue weighted by Gasteiger charge is -2.23. The van der Waals surface area contributed by atoms with E-state index in [0.29, 0.717) is 17.7 Å². The van der Waals surface area contributed by atoms with Crippen LogP contribution in [0.5, 0.6) is 0 Å². The van der Waals surface area contributed by atoms with Gasteiger partial charge in [0.1, 0.15) is 6.29 Å². The third kappa shape index (κ3) is 5.53. The molecule has 0 aliphatic heterocycles. The Balaban J connectivity index is 1.83. The zero-order chi connectivity index (χ0) is 17.6. The van der Waals surface area contributed by atoms with E-state index in [9.17, 15) is 9.59 Å². The van der Waals surface area contributed by atoms with Crippen molar-refractivity contribution in [2.45, 2.75) is 36.8 Å². The maximum absolute atomic E-state index is 12.0. The van der Waals surface area contributed by atoms with Gasteiger partial charge in [-0.3, -0.25) is 4.79 Å². The monoisotopic (exact) mass is 342 g/mol. The highest BCUT2D eigenvalue weighted by molar-refractivity contribution is 8.00. The lowest BCUT2D eigenvalue weighted by Crippen LogP contribution is -2.19. The van der Waals surface area contributed by atoms with Crippen LogP contribution >= 0.6 is 11.8 Å². The normalized spacial score (nSPS) is 11.1. The number of carbonyl (C=O) groups excluding carboxylic acids is 2. The van der Waals surface area contributed by atoms with E-state index >= 15 is 0 Å². The summed E-state index contributed by atoms with van der Waals surface area (Å²) in [5.41, 5.74) is 2.25. The molecule has 0 fully saturated rings. The fourth-order valence-corrected chi connectivity index (χ4v) is 3.24. The van der Waals surface area contributed by atoms with Gasteiger partial charge in [0.25, 0.3) is 0 Å². The first-order chi connectivity index (χ1) is 11.4. The molecule has 0 saturated heterocycles. The van der Waals surface area contributed by atoms with Crippen LogP contribution in [-0.2, 0) is 4.74 Å². The van der Waals surface area contributed by atoms with E-state index < -0.39 is 0 Å². The van der Waals surface area contributed by atoms with Crippen LogP contribution in [0.3, 0.4) is 0 Å². The molecule has 0 atom stereocenters. The first kappa shape index (κ1) is 18.3. The highest BCUT2D eigenvalue weighted by Crippen LogP contribution is 2.35. The second kappa shape index (κ2) is 8.15. The van der Waals surface area contributed by atoms with Crippen LogP contribution in [0, 0.1) is 6.92 Å². The van der Waals surface area contributed by atoms with Gasteiger partial charge in [0, 0.05) is 15.2 Å². The fraction of sp³-hybridized carbons (Fsp3) is 0.300. The molecule has 2 aromatic carbocycles. The van der Waals surface area contributed by atoms with Crippen LogP contribution in [0.25, 0.3) is 0 Å². The number of hydrogen-bond acceptors (Lipinski definition) is 4. The van der Waals surface area contributed by atoms with Gasteiger partial charge < -0.3 is 4.74 Å². The molecule has 24 heavy (non-hydrogen) atoms. The van der Waals surface area contributed by atoms with Gasteiger partial charge in [-0.05, 0) is 37.6 Å². The van der Waals surface area contributed by atoms with Crippen LogP contribution in [0.1, 0.15) is 46.5 Å². The molecule has 0 aliphatic carbocycles. The van der Waals surface area contributed by atoms with Gasteiger partial charge in [-0.25, -0.2) is 4.79 Å². The van der Waals surface area contributed by atoms with Crippen molar-refractivity contribution >= 4 is 24.0 Å². The molecule has 0 bridgehead atoms. The number of carbonyl (C=O) groups is 2. The molecule has 126 valence electrons. The second-order valence-electron chi connectivity index (χ2n) is 6.30. The smallest absolute Gasteiger partial charge is 0.338 e. The Hall–Kier alpha value is -2.07. The summed E-state index contributed by atoms with van der Waals surface area (Å²) in [6, 6.07) is 14.9. The van der Waals surface area contributed by atoms with E-state index in [-0.39, 0.29) is 10.7 Å². The number of esters is 1. The Morgan fingerprint density at radius 3 is 2.29 bits per heavy atom. The standard InChI is InChI=1S/C20H22O3S/c1-15-4-10-18(11-5-15)24-20(2,3)12-13-23-19(22)17-8-6-16(14-21)7-9-17/h4-11,14H,12-13H2,1-3H3. The Labute approximate surface area is 147 Å². The van der Waals surface area contributed by atoms with Crippen molar-refractivity contribution in [3.8, 4) is 0 Å². The number of hydrogen-bond donors (Lipinski definition) is 0. The number of aryl methyl sites for hydroxylation is 1. The van der Waals surface area contributed by atoms with E-state index in [0.717, 1.165) is 12.7 Å². The predicted molar refractivity (Wildman–Crippen MR) is 97.8 cm³/mol. The average molecular weight is 342 g/mol. The molecule has 0 heterocycles. The molecule has 0 aromatic heterocycles. The fourth-order valence-electron chi connectivity index (χ4n) is 2.15. The lowest BCUT2D eigenvalue weighted by atomic mass is 10.1. The number of rotatable bonds is 7.